The Balaban J connectivity index is 1.67. The minimum atomic E-state index is -0.953. The highest BCUT2D eigenvalue weighted by molar-refractivity contribution is 7.22. The molecule has 1 saturated heterocycles. The molecular formula is C25H18FN3O4S. The van der Waals surface area contributed by atoms with E-state index in [4.69, 9.17) is 4.74 Å². The van der Waals surface area contributed by atoms with Gasteiger partial charge in [-0.3, -0.25) is 19.5 Å². The Kier molecular flexibility index (Phi) is 5.54. The van der Waals surface area contributed by atoms with Crippen molar-refractivity contribution in [1.29, 1.82) is 0 Å². The molecule has 1 aliphatic rings. The number of pyridine rings is 1. The van der Waals surface area contributed by atoms with Gasteiger partial charge in [0.15, 0.2) is 5.13 Å². The molecule has 1 unspecified atom stereocenters. The Morgan fingerprint density at radius 3 is 2.68 bits per heavy atom. The summed E-state index contributed by atoms with van der Waals surface area (Å²) in [5.41, 5.74) is 1.31. The van der Waals surface area contributed by atoms with Crippen LogP contribution in [0.25, 0.3) is 16.0 Å². The van der Waals surface area contributed by atoms with Gasteiger partial charge in [0.05, 0.1) is 28.4 Å². The lowest BCUT2D eigenvalue weighted by molar-refractivity contribution is -0.132. The van der Waals surface area contributed by atoms with Crippen molar-refractivity contribution >= 4 is 44.1 Å². The summed E-state index contributed by atoms with van der Waals surface area (Å²) in [6.07, 6.45) is 3.10. The molecule has 0 saturated carbocycles. The largest absolute Gasteiger partial charge is 0.507 e. The van der Waals surface area contributed by atoms with E-state index in [0.717, 1.165) is 11.3 Å². The summed E-state index contributed by atoms with van der Waals surface area (Å²) in [7, 11) is 0. The second-order valence-corrected chi connectivity index (χ2v) is 8.53. The van der Waals surface area contributed by atoms with Gasteiger partial charge in [-0.2, -0.15) is 0 Å². The predicted molar refractivity (Wildman–Crippen MR) is 126 cm³/mol. The van der Waals surface area contributed by atoms with Crippen LogP contribution in [0.2, 0.25) is 0 Å². The van der Waals surface area contributed by atoms with E-state index >= 15 is 0 Å². The van der Waals surface area contributed by atoms with Crippen LogP contribution in [0.1, 0.15) is 24.1 Å². The molecule has 1 fully saturated rings. The molecule has 3 heterocycles. The van der Waals surface area contributed by atoms with Gasteiger partial charge in [-0.05, 0) is 61.0 Å². The number of hydrogen-bond acceptors (Lipinski definition) is 7. The monoisotopic (exact) mass is 475 g/mol. The number of rotatable bonds is 5. The molecule has 0 bridgehead atoms. The van der Waals surface area contributed by atoms with Crippen molar-refractivity contribution in [2.24, 2.45) is 0 Å². The van der Waals surface area contributed by atoms with E-state index in [1.165, 1.54) is 29.3 Å². The predicted octanol–water partition coefficient (Wildman–Crippen LogP) is 4.86. The Labute approximate surface area is 197 Å². The summed E-state index contributed by atoms with van der Waals surface area (Å²) < 4.78 is 19.7. The van der Waals surface area contributed by atoms with Crippen molar-refractivity contribution in [3.05, 3.63) is 89.5 Å². The zero-order chi connectivity index (χ0) is 23.8. The lowest BCUT2D eigenvalue weighted by atomic mass is 9.96. The molecule has 5 rings (SSSR count). The van der Waals surface area contributed by atoms with Crippen molar-refractivity contribution in [1.82, 2.24) is 9.97 Å². The number of fused-ring (bicyclic) bond motifs is 1. The molecule has 4 aromatic rings. The van der Waals surface area contributed by atoms with Gasteiger partial charge in [-0.25, -0.2) is 9.37 Å². The SMILES string of the molecule is CCOc1ccc(C(O)=C2C(=O)C(=O)N(c3nc4ccc(F)cc4s3)C2c2cccnc2)cc1. The number of benzene rings is 2. The first kappa shape index (κ1) is 21.7. The number of aromatic nitrogens is 2. The van der Waals surface area contributed by atoms with E-state index in [9.17, 15) is 19.1 Å². The standard InChI is InChI=1S/C25H18FN3O4S/c1-2-33-17-8-5-14(6-9-17)22(30)20-21(15-4-3-11-27-13-15)29(24(32)23(20)31)25-28-18-10-7-16(26)12-19(18)34-25/h3-13,21,30H,2H2,1H3. The number of halogens is 1. The molecule has 2 aromatic heterocycles. The number of carbonyl (C=O) groups excluding carboxylic acids is 2. The van der Waals surface area contributed by atoms with Gasteiger partial charge < -0.3 is 9.84 Å². The van der Waals surface area contributed by atoms with Crippen LogP contribution in [0.5, 0.6) is 5.75 Å². The number of aliphatic hydroxyl groups is 1. The van der Waals surface area contributed by atoms with E-state index in [-0.39, 0.29) is 16.5 Å². The molecule has 1 aliphatic heterocycles. The van der Waals surface area contributed by atoms with E-state index in [2.05, 4.69) is 9.97 Å². The van der Waals surface area contributed by atoms with Gasteiger partial charge in [0.1, 0.15) is 17.3 Å². The van der Waals surface area contributed by atoms with Crippen molar-refractivity contribution in [3.63, 3.8) is 0 Å². The van der Waals surface area contributed by atoms with E-state index < -0.39 is 23.5 Å². The fraction of sp³-hybridized carbons (Fsp3) is 0.120. The fourth-order valence-corrected chi connectivity index (χ4v) is 4.92. The van der Waals surface area contributed by atoms with Crippen LogP contribution < -0.4 is 9.64 Å². The Morgan fingerprint density at radius 1 is 1.18 bits per heavy atom. The molecular weight excluding hydrogens is 457 g/mol. The van der Waals surface area contributed by atoms with Gasteiger partial charge in [0.2, 0.25) is 0 Å². The maximum Gasteiger partial charge on any atom is 0.301 e. The van der Waals surface area contributed by atoms with E-state index in [1.54, 1.807) is 42.6 Å². The second-order valence-electron chi connectivity index (χ2n) is 7.52. The number of anilines is 1. The fourth-order valence-electron chi connectivity index (χ4n) is 3.90. The topological polar surface area (TPSA) is 92.6 Å². The average molecular weight is 476 g/mol. The maximum absolute atomic E-state index is 13.7. The van der Waals surface area contributed by atoms with Gasteiger partial charge in [-0.15, -0.1) is 0 Å². The third-order valence-electron chi connectivity index (χ3n) is 5.43. The van der Waals surface area contributed by atoms with Gasteiger partial charge in [0, 0.05) is 18.0 Å². The lowest BCUT2D eigenvalue weighted by Crippen LogP contribution is -2.29. The molecule has 0 spiro atoms. The summed E-state index contributed by atoms with van der Waals surface area (Å²) >= 11 is 1.09. The second kappa shape index (κ2) is 8.68. The van der Waals surface area contributed by atoms with Crippen molar-refractivity contribution in [2.45, 2.75) is 13.0 Å². The Morgan fingerprint density at radius 2 is 1.97 bits per heavy atom. The summed E-state index contributed by atoms with van der Waals surface area (Å²) in [5.74, 6) is -1.80. The highest BCUT2D eigenvalue weighted by atomic mass is 32.1. The third-order valence-corrected chi connectivity index (χ3v) is 6.45. The molecule has 0 radical (unpaired) electrons. The van der Waals surface area contributed by atoms with E-state index in [0.29, 0.717) is 33.7 Å². The number of ether oxygens (including phenoxy) is 1. The molecule has 2 aromatic carbocycles. The van der Waals surface area contributed by atoms with Crippen LogP contribution in [0, 0.1) is 5.82 Å². The molecule has 1 atom stereocenters. The smallest absolute Gasteiger partial charge is 0.301 e. The van der Waals surface area contributed by atoms with Crippen molar-refractivity contribution < 1.29 is 23.8 Å². The number of Topliss-reactive ketones (excluding diaryl/α,β-unsaturated/α-hetero) is 1. The van der Waals surface area contributed by atoms with Gasteiger partial charge in [-0.1, -0.05) is 17.4 Å². The van der Waals surface area contributed by atoms with Crippen molar-refractivity contribution in [3.8, 4) is 5.75 Å². The molecule has 7 nitrogen and oxygen atoms in total. The number of hydrogen-bond donors (Lipinski definition) is 1. The lowest BCUT2D eigenvalue weighted by Gasteiger charge is -2.22. The van der Waals surface area contributed by atoms with Crippen LogP contribution in [0.3, 0.4) is 0 Å². The molecule has 1 N–H and O–H groups in total. The van der Waals surface area contributed by atoms with Crippen molar-refractivity contribution in [2.75, 3.05) is 11.5 Å². The molecule has 170 valence electrons. The summed E-state index contributed by atoms with van der Waals surface area (Å²) in [5, 5.41) is 11.4. The van der Waals surface area contributed by atoms with Crippen LogP contribution >= 0.6 is 11.3 Å². The number of amides is 1. The normalized spacial score (nSPS) is 17.5. The van der Waals surface area contributed by atoms with Crippen LogP contribution in [-0.4, -0.2) is 33.4 Å². The Bertz CT molecular complexity index is 1430. The van der Waals surface area contributed by atoms with Gasteiger partial charge >= 0.3 is 5.91 Å². The number of carbonyl (C=O) groups is 2. The highest BCUT2D eigenvalue weighted by Crippen LogP contribution is 2.44. The summed E-state index contributed by atoms with van der Waals surface area (Å²) in [6, 6.07) is 13.2. The number of aliphatic hydroxyl groups excluding tert-OH is 1. The minimum absolute atomic E-state index is 0.0763. The first-order valence-electron chi connectivity index (χ1n) is 10.5. The number of nitrogens with zero attached hydrogens (tertiary/aromatic N) is 3. The molecule has 1 amide bonds. The molecule has 34 heavy (non-hydrogen) atoms. The zero-order valence-corrected chi connectivity index (χ0v) is 18.8. The molecule has 9 heteroatoms. The van der Waals surface area contributed by atoms with Gasteiger partial charge in [0.25, 0.3) is 5.78 Å². The first-order valence-corrected chi connectivity index (χ1v) is 11.3. The molecule has 0 aliphatic carbocycles. The van der Waals surface area contributed by atoms with Crippen LogP contribution in [-0.2, 0) is 9.59 Å². The van der Waals surface area contributed by atoms with Crippen LogP contribution in [0.4, 0.5) is 9.52 Å². The average Bonchev–Trinajstić information content (AvgIpc) is 3.37. The third kappa shape index (κ3) is 3.69. The summed E-state index contributed by atoms with van der Waals surface area (Å²) in [6.45, 7) is 2.35. The maximum atomic E-state index is 13.7. The summed E-state index contributed by atoms with van der Waals surface area (Å²) in [4.78, 5) is 36.2. The number of ketones is 1. The van der Waals surface area contributed by atoms with Crippen LogP contribution in [0.15, 0.2) is 72.6 Å². The van der Waals surface area contributed by atoms with E-state index in [1.807, 2.05) is 6.92 Å². The zero-order valence-electron chi connectivity index (χ0n) is 17.9. The number of thiazole rings is 1. The quantitative estimate of drug-likeness (QED) is 0.252. The first-order chi connectivity index (χ1) is 16.5. The Hall–Kier alpha value is -4.11. The highest BCUT2D eigenvalue weighted by Gasteiger charge is 2.48. The minimum Gasteiger partial charge on any atom is -0.507 e.